The molecule has 19 heavy (non-hydrogen) atoms. The first-order valence-corrected chi connectivity index (χ1v) is 7.87. The first-order valence-electron chi connectivity index (χ1n) is 6.99. The quantitative estimate of drug-likeness (QED) is 0.910. The van der Waals surface area contributed by atoms with E-state index in [4.69, 9.17) is 5.73 Å². The Morgan fingerprint density at radius 2 is 2.26 bits per heavy atom. The van der Waals surface area contributed by atoms with Gasteiger partial charge in [0.15, 0.2) is 0 Å². The Balaban J connectivity index is 1.86. The molecule has 4 nitrogen and oxygen atoms in total. The standard InChI is InChI=1S/C14H23N3OS/c1-2-13(15)14(18)17-7-4-6-16(8-9-17)11-12-5-3-10-19-12/h3,5,10,13H,2,4,6-9,11,15H2,1H3/t13-/m0/s1. The number of thiophene rings is 1. The molecule has 2 N–H and O–H groups in total. The SMILES string of the molecule is CC[C@H](N)C(=O)N1CCCN(Cc2cccs2)CC1. The Kier molecular flexibility index (Phi) is 5.36. The molecule has 2 heterocycles. The zero-order valence-electron chi connectivity index (χ0n) is 11.5. The van der Waals surface area contributed by atoms with Gasteiger partial charge in [-0.05, 0) is 24.3 Å². The Morgan fingerprint density at radius 3 is 2.95 bits per heavy atom. The second kappa shape index (κ2) is 7.03. The lowest BCUT2D eigenvalue weighted by atomic mass is 10.2. The number of nitrogens with two attached hydrogens (primary N) is 1. The predicted octanol–water partition coefficient (Wildman–Crippen LogP) is 1.52. The monoisotopic (exact) mass is 281 g/mol. The molecule has 1 aliphatic rings. The summed E-state index contributed by atoms with van der Waals surface area (Å²) >= 11 is 1.80. The van der Waals surface area contributed by atoms with Crippen LogP contribution in [0.25, 0.3) is 0 Å². The van der Waals surface area contributed by atoms with Gasteiger partial charge in [-0.25, -0.2) is 0 Å². The third-order valence-corrected chi connectivity index (χ3v) is 4.48. The van der Waals surface area contributed by atoms with E-state index < -0.39 is 0 Å². The minimum atomic E-state index is -0.330. The van der Waals surface area contributed by atoms with Crippen LogP contribution in [0.4, 0.5) is 0 Å². The highest BCUT2D eigenvalue weighted by Crippen LogP contribution is 2.14. The first-order chi connectivity index (χ1) is 9.20. The third kappa shape index (κ3) is 4.03. The molecule has 1 saturated heterocycles. The van der Waals surface area contributed by atoms with Crippen LogP contribution in [-0.2, 0) is 11.3 Å². The summed E-state index contributed by atoms with van der Waals surface area (Å²) in [4.78, 5) is 17.8. The van der Waals surface area contributed by atoms with Crippen molar-refractivity contribution in [1.82, 2.24) is 9.80 Å². The summed E-state index contributed by atoms with van der Waals surface area (Å²) in [6, 6.07) is 3.93. The van der Waals surface area contributed by atoms with Gasteiger partial charge in [-0.2, -0.15) is 0 Å². The van der Waals surface area contributed by atoms with Crippen LogP contribution in [0.15, 0.2) is 17.5 Å². The van der Waals surface area contributed by atoms with Crippen LogP contribution in [0.3, 0.4) is 0 Å². The minimum absolute atomic E-state index is 0.112. The van der Waals surface area contributed by atoms with Crippen molar-refractivity contribution in [3.63, 3.8) is 0 Å². The van der Waals surface area contributed by atoms with Crippen molar-refractivity contribution < 1.29 is 4.79 Å². The highest BCUT2D eigenvalue weighted by atomic mass is 32.1. The van der Waals surface area contributed by atoms with Crippen LogP contribution in [0, 0.1) is 0 Å². The van der Waals surface area contributed by atoms with E-state index in [2.05, 4.69) is 22.4 Å². The van der Waals surface area contributed by atoms with Gasteiger partial charge >= 0.3 is 0 Å². The summed E-state index contributed by atoms with van der Waals surface area (Å²) in [6.07, 6.45) is 1.75. The van der Waals surface area contributed by atoms with Gasteiger partial charge in [0.05, 0.1) is 6.04 Å². The molecular formula is C14H23N3OS. The number of amides is 1. The maximum atomic E-state index is 12.1. The van der Waals surface area contributed by atoms with E-state index in [1.54, 1.807) is 11.3 Å². The van der Waals surface area contributed by atoms with E-state index in [0.29, 0.717) is 6.42 Å². The van der Waals surface area contributed by atoms with Gasteiger partial charge in [0.1, 0.15) is 0 Å². The van der Waals surface area contributed by atoms with Crippen LogP contribution >= 0.6 is 11.3 Å². The molecule has 0 aromatic carbocycles. The van der Waals surface area contributed by atoms with Crippen molar-refractivity contribution >= 4 is 17.2 Å². The summed E-state index contributed by atoms with van der Waals surface area (Å²) in [5, 5.41) is 2.11. The Morgan fingerprint density at radius 1 is 1.42 bits per heavy atom. The van der Waals surface area contributed by atoms with E-state index in [-0.39, 0.29) is 11.9 Å². The molecule has 1 aromatic heterocycles. The van der Waals surface area contributed by atoms with Crippen LogP contribution in [0.1, 0.15) is 24.6 Å². The average molecular weight is 281 g/mol. The molecule has 0 unspecified atom stereocenters. The van der Waals surface area contributed by atoms with Crippen LogP contribution in [0.5, 0.6) is 0 Å². The topological polar surface area (TPSA) is 49.6 Å². The smallest absolute Gasteiger partial charge is 0.239 e. The van der Waals surface area contributed by atoms with Crippen molar-refractivity contribution in [2.75, 3.05) is 26.2 Å². The lowest BCUT2D eigenvalue weighted by Gasteiger charge is -2.24. The summed E-state index contributed by atoms with van der Waals surface area (Å²) in [5.74, 6) is 0.112. The van der Waals surface area contributed by atoms with Gasteiger partial charge in [0.25, 0.3) is 0 Å². The summed E-state index contributed by atoms with van der Waals surface area (Å²) in [7, 11) is 0. The van der Waals surface area contributed by atoms with Crippen molar-refractivity contribution in [2.24, 2.45) is 5.73 Å². The fourth-order valence-electron chi connectivity index (χ4n) is 2.38. The highest BCUT2D eigenvalue weighted by molar-refractivity contribution is 7.09. The van der Waals surface area contributed by atoms with E-state index in [0.717, 1.165) is 39.1 Å². The van der Waals surface area contributed by atoms with Gasteiger partial charge in [0.2, 0.25) is 5.91 Å². The Bertz CT molecular complexity index is 393. The number of carbonyl (C=O) groups is 1. The zero-order valence-corrected chi connectivity index (χ0v) is 12.4. The second-order valence-electron chi connectivity index (χ2n) is 5.05. The highest BCUT2D eigenvalue weighted by Gasteiger charge is 2.22. The fraction of sp³-hybridized carbons (Fsp3) is 0.643. The van der Waals surface area contributed by atoms with E-state index in [1.807, 2.05) is 11.8 Å². The molecule has 2 rings (SSSR count). The van der Waals surface area contributed by atoms with Crippen molar-refractivity contribution in [1.29, 1.82) is 0 Å². The zero-order chi connectivity index (χ0) is 13.7. The molecule has 1 aliphatic heterocycles. The molecule has 5 heteroatoms. The van der Waals surface area contributed by atoms with Crippen molar-refractivity contribution in [3.05, 3.63) is 22.4 Å². The van der Waals surface area contributed by atoms with Crippen LogP contribution in [-0.4, -0.2) is 47.9 Å². The second-order valence-corrected chi connectivity index (χ2v) is 6.08. The van der Waals surface area contributed by atoms with Gasteiger partial charge in [-0.3, -0.25) is 9.69 Å². The number of nitrogens with zero attached hydrogens (tertiary/aromatic N) is 2. The molecular weight excluding hydrogens is 258 g/mol. The largest absolute Gasteiger partial charge is 0.340 e. The fourth-order valence-corrected chi connectivity index (χ4v) is 3.13. The normalized spacial score (nSPS) is 19.2. The number of hydrogen-bond acceptors (Lipinski definition) is 4. The summed E-state index contributed by atoms with van der Waals surface area (Å²) < 4.78 is 0. The van der Waals surface area contributed by atoms with Crippen molar-refractivity contribution in [3.8, 4) is 0 Å². The molecule has 0 radical (unpaired) electrons. The number of hydrogen-bond donors (Lipinski definition) is 1. The van der Waals surface area contributed by atoms with Crippen LogP contribution < -0.4 is 5.73 Å². The molecule has 1 amide bonds. The average Bonchev–Trinajstić information content (AvgIpc) is 2.82. The Labute approximate surface area is 119 Å². The molecule has 0 spiro atoms. The van der Waals surface area contributed by atoms with Gasteiger partial charge in [-0.15, -0.1) is 11.3 Å². The predicted molar refractivity (Wildman–Crippen MR) is 79.1 cm³/mol. The third-order valence-electron chi connectivity index (χ3n) is 3.62. The molecule has 0 bridgehead atoms. The maximum absolute atomic E-state index is 12.1. The molecule has 0 aliphatic carbocycles. The molecule has 1 atom stereocenters. The van der Waals surface area contributed by atoms with Gasteiger partial charge < -0.3 is 10.6 Å². The molecule has 106 valence electrons. The lowest BCUT2D eigenvalue weighted by Crippen LogP contribution is -2.44. The molecule has 1 aromatic rings. The number of rotatable bonds is 4. The first kappa shape index (κ1) is 14.5. The van der Waals surface area contributed by atoms with E-state index >= 15 is 0 Å². The molecule has 1 fully saturated rings. The van der Waals surface area contributed by atoms with E-state index in [9.17, 15) is 4.79 Å². The summed E-state index contributed by atoms with van der Waals surface area (Å²) in [5.41, 5.74) is 5.84. The lowest BCUT2D eigenvalue weighted by molar-refractivity contribution is -0.132. The van der Waals surface area contributed by atoms with E-state index in [1.165, 1.54) is 4.88 Å². The minimum Gasteiger partial charge on any atom is -0.340 e. The van der Waals surface area contributed by atoms with Gasteiger partial charge in [0, 0.05) is 37.6 Å². The van der Waals surface area contributed by atoms with Crippen LogP contribution in [0.2, 0.25) is 0 Å². The van der Waals surface area contributed by atoms with Gasteiger partial charge in [-0.1, -0.05) is 13.0 Å². The molecule has 0 saturated carbocycles. The van der Waals surface area contributed by atoms with Crippen molar-refractivity contribution in [2.45, 2.75) is 32.4 Å². The summed E-state index contributed by atoms with van der Waals surface area (Å²) in [6.45, 7) is 6.61. The maximum Gasteiger partial charge on any atom is 0.239 e. The number of carbonyl (C=O) groups excluding carboxylic acids is 1. The Hall–Kier alpha value is -0.910.